The molecule has 0 saturated heterocycles. The van der Waals surface area contributed by atoms with Crippen LogP contribution in [0.25, 0.3) is 0 Å². The van der Waals surface area contributed by atoms with E-state index in [2.05, 4.69) is 0 Å². The summed E-state index contributed by atoms with van der Waals surface area (Å²) < 4.78 is 4.88. The van der Waals surface area contributed by atoms with Gasteiger partial charge in [-0.25, -0.2) is 0 Å². The van der Waals surface area contributed by atoms with E-state index in [1.807, 2.05) is 0 Å². The fourth-order valence-corrected chi connectivity index (χ4v) is 2.10. The van der Waals surface area contributed by atoms with Gasteiger partial charge in [0.25, 0.3) is 0 Å². The number of ether oxygens (including phenoxy) is 1. The lowest BCUT2D eigenvalue weighted by Gasteiger charge is -2.25. The molecule has 0 aliphatic carbocycles. The highest BCUT2D eigenvalue weighted by Crippen LogP contribution is 2.23. The van der Waals surface area contributed by atoms with Gasteiger partial charge >= 0.3 is 5.97 Å². The summed E-state index contributed by atoms with van der Waals surface area (Å²) in [4.78, 5) is 23.4. The van der Waals surface area contributed by atoms with Crippen LogP contribution >= 0.6 is 11.8 Å². The average Bonchev–Trinajstić information content (AvgIpc) is 2.19. The average molecular weight is 231 g/mol. The van der Waals surface area contributed by atoms with Gasteiger partial charge in [-0.15, -0.1) is 11.8 Å². The second kappa shape index (κ2) is 5.77. The zero-order chi connectivity index (χ0) is 11.3. The van der Waals surface area contributed by atoms with Crippen molar-refractivity contribution < 1.29 is 19.4 Å². The van der Waals surface area contributed by atoms with E-state index in [9.17, 15) is 9.59 Å². The molecule has 0 bridgehead atoms. The lowest BCUT2D eigenvalue weighted by Crippen LogP contribution is -2.39. The van der Waals surface area contributed by atoms with E-state index in [0.29, 0.717) is 13.0 Å². The summed E-state index contributed by atoms with van der Waals surface area (Å²) in [6.45, 7) is 0.220. The van der Waals surface area contributed by atoms with Crippen molar-refractivity contribution in [2.45, 2.75) is 11.7 Å². The van der Waals surface area contributed by atoms with Crippen molar-refractivity contribution in [3.05, 3.63) is 11.6 Å². The van der Waals surface area contributed by atoms with E-state index in [1.165, 1.54) is 22.9 Å². The zero-order valence-corrected chi connectivity index (χ0v) is 9.20. The van der Waals surface area contributed by atoms with Crippen molar-refractivity contribution in [1.29, 1.82) is 0 Å². The molecule has 1 atom stereocenters. The molecule has 6 heteroatoms. The van der Waals surface area contributed by atoms with Crippen molar-refractivity contribution in [3.63, 3.8) is 0 Å². The molecule has 1 amide bonds. The van der Waals surface area contributed by atoms with E-state index < -0.39 is 5.97 Å². The van der Waals surface area contributed by atoms with E-state index in [1.54, 1.807) is 12.5 Å². The van der Waals surface area contributed by atoms with Crippen molar-refractivity contribution >= 4 is 23.6 Å². The Morgan fingerprint density at radius 3 is 3.07 bits per heavy atom. The van der Waals surface area contributed by atoms with Crippen LogP contribution in [-0.2, 0) is 14.3 Å². The Morgan fingerprint density at radius 1 is 1.73 bits per heavy atom. The minimum absolute atomic E-state index is 0.165. The van der Waals surface area contributed by atoms with Crippen LogP contribution in [-0.4, -0.2) is 47.4 Å². The molecule has 1 rings (SSSR count). The third-order valence-corrected chi connectivity index (χ3v) is 2.98. The van der Waals surface area contributed by atoms with Crippen molar-refractivity contribution in [1.82, 2.24) is 4.90 Å². The monoisotopic (exact) mass is 231 g/mol. The lowest BCUT2D eigenvalue weighted by molar-refractivity contribution is -0.142. The van der Waals surface area contributed by atoms with Crippen LogP contribution in [0.2, 0.25) is 0 Å². The van der Waals surface area contributed by atoms with Gasteiger partial charge in [0.1, 0.15) is 6.54 Å². The fraction of sp³-hybridized carbons (Fsp3) is 0.556. The number of thioether (sulfide) groups is 1. The van der Waals surface area contributed by atoms with Gasteiger partial charge in [-0.05, 0) is 11.8 Å². The van der Waals surface area contributed by atoms with Gasteiger partial charge in [-0.3, -0.25) is 9.59 Å². The summed E-state index contributed by atoms with van der Waals surface area (Å²) >= 11 is 1.40. The molecule has 0 fully saturated rings. The molecule has 0 saturated carbocycles. The minimum Gasteiger partial charge on any atom is -0.480 e. The third-order valence-electron chi connectivity index (χ3n) is 1.93. The number of methoxy groups -OCH3 is 1. The van der Waals surface area contributed by atoms with Crippen LogP contribution in [0.4, 0.5) is 0 Å². The van der Waals surface area contributed by atoms with Gasteiger partial charge in [-0.2, -0.15) is 0 Å². The number of carboxylic acids is 1. The Balaban J connectivity index is 2.54. The Morgan fingerprint density at radius 2 is 2.47 bits per heavy atom. The summed E-state index contributed by atoms with van der Waals surface area (Å²) in [5.74, 6) is -1.17. The fourth-order valence-electron chi connectivity index (χ4n) is 1.21. The number of carboxylic acid groups (broad SMARTS) is 1. The highest BCUT2D eigenvalue weighted by Gasteiger charge is 2.27. The molecule has 0 radical (unpaired) electrons. The molecular formula is C9H13NO4S. The maximum atomic E-state index is 11.7. The normalized spacial score (nSPS) is 20.7. The second-order valence-electron chi connectivity index (χ2n) is 3.05. The molecule has 84 valence electrons. The second-order valence-corrected chi connectivity index (χ2v) is 4.16. The molecule has 1 aliphatic rings. The number of rotatable bonds is 5. The van der Waals surface area contributed by atoms with Crippen molar-refractivity contribution in [2.24, 2.45) is 0 Å². The van der Waals surface area contributed by atoms with Crippen LogP contribution in [0.1, 0.15) is 6.42 Å². The molecule has 5 nitrogen and oxygen atoms in total. The molecular weight excluding hydrogens is 218 g/mol. The molecule has 1 heterocycles. The molecule has 0 aromatic carbocycles. The summed E-state index contributed by atoms with van der Waals surface area (Å²) in [6, 6.07) is 0. The standard InChI is InChI=1S/C9H13NO4S/c1-14-4-2-7-9(13)10(3-5-15-7)6-8(11)12/h3,5,7H,2,4,6H2,1H3,(H,11,12)/t7-/m0/s1. The lowest BCUT2D eigenvalue weighted by atomic mass is 10.2. The third kappa shape index (κ3) is 3.56. The maximum absolute atomic E-state index is 11.7. The number of hydrogen-bond donors (Lipinski definition) is 1. The first kappa shape index (κ1) is 12.1. The Bertz CT molecular complexity index is 279. The van der Waals surface area contributed by atoms with E-state index in [0.717, 1.165) is 0 Å². The molecule has 0 aromatic rings. The molecule has 1 aliphatic heterocycles. The number of nitrogens with zero attached hydrogens (tertiary/aromatic N) is 1. The van der Waals surface area contributed by atoms with Gasteiger partial charge in [0.2, 0.25) is 5.91 Å². The van der Waals surface area contributed by atoms with Crippen LogP contribution in [0, 0.1) is 0 Å². The Hall–Kier alpha value is -1.01. The largest absolute Gasteiger partial charge is 0.480 e. The molecule has 1 N–H and O–H groups in total. The minimum atomic E-state index is -1.01. The van der Waals surface area contributed by atoms with E-state index >= 15 is 0 Å². The highest BCUT2D eigenvalue weighted by molar-refractivity contribution is 8.03. The van der Waals surface area contributed by atoms with Gasteiger partial charge in [0.05, 0.1) is 5.25 Å². The van der Waals surface area contributed by atoms with Crippen LogP contribution in [0.3, 0.4) is 0 Å². The topological polar surface area (TPSA) is 66.8 Å². The van der Waals surface area contributed by atoms with E-state index in [4.69, 9.17) is 9.84 Å². The quantitative estimate of drug-likeness (QED) is 0.747. The van der Waals surface area contributed by atoms with Crippen molar-refractivity contribution in [2.75, 3.05) is 20.3 Å². The first-order valence-corrected chi connectivity index (χ1v) is 5.42. The van der Waals surface area contributed by atoms with Crippen LogP contribution in [0.5, 0.6) is 0 Å². The predicted octanol–water partition coefficient (Wildman–Crippen LogP) is 0.523. The SMILES string of the molecule is COCC[C@@H]1SC=CN(CC(=O)O)C1=O. The molecule has 0 aromatic heterocycles. The van der Waals surface area contributed by atoms with Crippen LogP contribution in [0.15, 0.2) is 11.6 Å². The molecule has 15 heavy (non-hydrogen) atoms. The number of aliphatic carboxylic acids is 1. The summed E-state index contributed by atoms with van der Waals surface area (Å²) in [6.07, 6.45) is 2.10. The number of carbonyl (C=O) groups is 2. The highest BCUT2D eigenvalue weighted by atomic mass is 32.2. The van der Waals surface area contributed by atoms with Gasteiger partial charge in [0.15, 0.2) is 0 Å². The van der Waals surface area contributed by atoms with E-state index in [-0.39, 0.29) is 17.7 Å². The number of amides is 1. The van der Waals surface area contributed by atoms with Gasteiger partial charge < -0.3 is 14.7 Å². The summed E-state index contributed by atoms with van der Waals surface area (Å²) in [7, 11) is 1.57. The maximum Gasteiger partial charge on any atom is 0.323 e. The Labute approximate surface area is 92.1 Å². The summed E-state index contributed by atoms with van der Waals surface area (Å²) in [5, 5.41) is 10.1. The first-order chi connectivity index (χ1) is 7.15. The number of hydrogen-bond acceptors (Lipinski definition) is 4. The summed E-state index contributed by atoms with van der Waals surface area (Å²) in [5.41, 5.74) is 0. The predicted molar refractivity (Wildman–Crippen MR) is 56.4 cm³/mol. The van der Waals surface area contributed by atoms with Gasteiger partial charge in [-0.1, -0.05) is 0 Å². The van der Waals surface area contributed by atoms with Gasteiger partial charge in [0, 0.05) is 19.9 Å². The van der Waals surface area contributed by atoms with Crippen molar-refractivity contribution in [3.8, 4) is 0 Å². The Kier molecular flexibility index (Phi) is 4.64. The first-order valence-electron chi connectivity index (χ1n) is 4.48. The molecule has 0 spiro atoms. The van der Waals surface area contributed by atoms with Crippen LogP contribution < -0.4 is 0 Å². The molecule has 0 unspecified atom stereocenters. The zero-order valence-electron chi connectivity index (χ0n) is 8.38. The smallest absolute Gasteiger partial charge is 0.323 e. The number of carbonyl (C=O) groups excluding carboxylic acids is 1.